The Balaban J connectivity index is 0.00000256. The normalized spacial score (nSPS) is 10.6. The Labute approximate surface area is 113 Å². The molecule has 0 unspecified atom stereocenters. The number of halogens is 2. The van der Waals surface area contributed by atoms with E-state index >= 15 is 0 Å². The molecule has 0 aromatic heterocycles. The third-order valence-electron chi connectivity index (χ3n) is 2.56. The highest BCUT2D eigenvalue weighted by Crippen LogP contribution is 2.24. The number of amides is 1. The second-order valence-electron chi connectivity index (χ2n) is 4.18. The van der Waals surface area contributed by atoms with Gasteiger partial charge in [0.15, 0.2) is 0 Å². The fourth-order valence-corrected chi connectivity index (χ4v) is 1.53. The number of hydrogen-bond acceptors (Lipinski definition) is 2. The minimum absolute atomic E-state index is 0. The number of benzene rings is 1. The zero-order chi connectivity index (χ0) is 12.2. The molecule has 0 atom stereocenters. The molecule has 0 heterocycles. The fraction of sp³-hybridized carbons (Fsp3) is 0.417. The van der Waals surface area contributed by atoms with Gasteiger partial charge in [0.1, 0.15) is 0 Å². The van der Waals surface area contributed by atoms with Crippen LogP contribution in [-0.2, 0) is 10.2 Å². The lowest BCUT2D eigenvalue weighted by molar-refractivity contribution is -0.125. The molecule has 1 aromatic rings. The second kappa shape index (κ2) is 6.84. The highest BCUT2D eigenvalue weighted by Gasteiger charge is 2.29. The minimum Gasteiger partial charge on any atom is -0.354 e. The van der Waals surface area contributed by atoms with Crippen LogP contribution in [-0.4, -0.2) is 19.0 Å². The first-order valence-corrected chi connectivity index (χ1v) is 5.60. The van der Waals surface area contributed by atoms with Gasteiger partial charge in [-0.1, -0.05) is 23.7 Å². The molecule has 3 nitrogen and oxygen atoms in total. The first-order valence-electron chi connectivity index (χ1n) is 5.23. The average molecular weight is 277 g/mol. The molecule has 1 rings (SSSR count). The van der Waals surface area contributed by atoms with E-state index in [9.17, 15) is 4.79 Å². The third-order valence-corrected chi connectivity index (χ3v) is 2.82. The molecule has 96 valence electrons. The summed E-state index contributed by atoms with van der Waals surface area (Å²) < 4.78 is 0. The molecule has 17 heavy (non-hydrogen) atoms. The summed E-state index contributed by atoms with van der Waals surface area (Å²) in [6.07, 6.45) is 0. The monoisotopic (exact) mass is 276 g/mol. The molecule has 0 aliphatic carbocycles. The summed E-state index contributed by atoms with van der Waals surface area (Å²) in [5.74, 6) is -0.0275. The van der Waals surface area contributed by atoms with Gasteiger partial charge in [0.2, 0.25) is 5.91 Å². The summed E-state index contributed by atoms with van der Waals surface area (Å²) in [5, 5.41) is 3.46. The highest BCUT2D eigenvalue weighted by atomic mass is 35.5. The van der Waals surface area contributed by atoms with Gasteiger partial charge in [0.05, 0.1) is 5.41 Å². The van der Waals surface area contributed by atoms with Crippen LogP contribution < -0.4 is 11.1 Å². The van der Waals surface area contributed by atoms with Crippen molar-refractivity contribution in [1.82, 2.24) is 5.32 Å². The molecule has 0 aliphatic rings. The summed E-state index contributed by atoms with van der Waals surface area (Å²) in [4.78, 5) is 11.9. The zero-order valence-corrected chi connectivity index (χ0v) is 11.6. The number of nitrogens with one attached hydrogen (secondary N) is 1. The van der Waals surface area contributed by atoms with Crippen molar-refractivity contribution in [2.45, 2.75) is 19.3 Å². The summed E-state index contributed by atoms with van der Waals surface area (Å²) in [7, 11) is 0. The SMILES string of the molecule is CC(C)(C(=O)NCCN)c1ccc(Cl)cc1.Cl. The number of carbonyl (C=O) groups excluding carboxylic acids is 1. The van der Waals surface area contributed by atoms with Gasteiger partial charge in [-0.2, -0.15) is 0 Å². The van der Waals surface area contributed by atoms with E-state index in [0.717, 1.165) is 5.56 Å². The zero-order valence-electron chi connectivity index (χ0n) is 10.00. The molecule has 0 radical (unpaired) electrons. The molecule has 0 aliphatic heterocycles. The molecule has 3 N–H and O–H groups in total. The van der Waals surface area contributed by atoms with Crippen molar-refractivity contribution in [3.05, 3.63) is 34.9 Å². The lowest BCUT2D eigenvalue weighted by Gasteiger charge is -2.24. The van der Waals surface area contributed by atoms with Crippen molar-refractivity contribution in [2.24, 2.45) is 5.73 Å². The van der Waals surface area contributed by atoms with Crippen molar-refractivity contribution < 1.29 is 4.79 Å². The first-order chi connectivity index (χ1) is 7.48. The molecule has 1 aromatic carbocycles. The number of nitrogens with two attached hydrogens (primary N) is 1. The Kier molecular flexibility index (Phi) is 6.53. The van der Waals surface area contributed by atoms with Crippen LogP contribution in [0.1, 0.15) is 19.4 Å². The maximum atomic E-state index is 11.9. The number of carbonyl (C=O) groups is 1. The van der Waals surface area contributed by atoms with Crippen molar-refractivity contribution in [3.63, 3.8) is 0 Å². The van der Waals surface area contributed by atoms with Crippen LogP contribution in [0.25, 0.3) is 0 Å². The maximum absolute atomic E-state index is 11.9. The van der Waals surface area contributed by atoms with E-state index in [2.05, 4.69) is 5.32 Å². The summed E-state index contributed by atoms with van der Waals surface area (Å²) in [6.45, 7) is 4.70. The largest absolute Gasteiger partial charge is 0.354 e. The van der Waals surface area contributed by atoms with E-state index in [-0.39, 0.29) is 18.3 Å². The van der Waals surface area contributed by atoms with Crippen LogP contribution in [0.15, 0.2) is 24.3 Å². The van der Waals surface area contributed by atoms with Crippen LogP contribution in [0.2, 0.25) is 5.02 Å². The van der Waals surface area contributed by atoms with Crippen LogP contribution in [0.4, 0.5) is 0 Å². The van der Waals surface area contributed by atoms with E-state index in [0.29, 0.717) is 18.1 Å². The van der Waals surface area contributed by atoms with Crippen molar-refractivity contribution in [1.29, 1.82) is 0 Å². The molecule has 1 amide bonds. The molecule has 5 heteroatoms. The van der Waals surface area contributed by atoms with Crippen LogP contribution in [0.3, 0.4) is 0 Å². The molecular weight excluding hydrogens is 259 g/mol. The smallest absolute Gasteiger partial charge is 0.230 e. The number of rotatable bonds is 4. The lowest BCUT2D eigenvalue weighted by atomic mass is 9.84. The average Bonchev–Trinajstić information content (AvgIpc) is 2.26. The van der Waals surface area contributed by atoms with Gasteiger partial charge < -0.3 is 11.1 Å². The first kappa shape index (κ1) is 16.2. The van der Waals surface area contributed by atoms with E-state index < -0.39 is 5.41 Å². The predicted molar refractivity (Wildman–Crippen MR) is 73.8 cm³/mol. The molecular formula is C12H18Cl2N2O. The topological polar surface area (TPSA) is 55.1 Å². The van der Waals surface area contributed by atoms with Crippen LogP contribution in [0.5, 0.6) is 0 Å². The van der Waals surface area contributed by atoms with E-state index in [1.165, 1.54) is 0 Å². The highest BCUT2D eigenvalue weighted by molar-refractivity contribution is 6.30. The maximum Gasteiger partial charge on any atom is 0.230 e. The predicted octanol–water partition coefficient (Wildman–Crippen LogP) is 2.11. The van der Waals surface area contributed by atoms with E-state index in [4.69, 9.17) is 17.3 Å². The Morgan fingerprint density at radius 1 is 1.35 bits per heavy atom. The minimum atomic E-state index is -0.570. The molecule has 0 spiro atoms. The summed E-state index contributed by atoms with van der Waals surface area (Å²) in [6, 6.07) is 7.30. The van der Waals surface area contributed by atoms with Crippen LogP contribution >= 0.6 is 24.0 Å². The second-order valence-corrected chi connectivity index (χ2v) is 4.61. The van der Waals surface area contributed by atoms with Gasteiger partial charge in [-0.25, -0.2) is 0 Å². The molecule has 0 fully saturated rings. The van der Waals surface area contributed by atoms with Gasteiger partial charge in [-0.05, 0) is 31.5 Å². The quantitative estimate of drug-likeness (QED) is 0.885. The molecule has 0 saturated heterocycles. The Morgan fingerprint density at radius 3 is 2.35 bits per heavy atom. The summed E-state index contributed by atoms with van der Waals surface area (Å²) in [5.41, 5.74) is 5.71. The van der Waals surface area contributed by atoms with Crippen molar-refractivity contribution >= 4 is 29.9 Å². The summed E-state index contributed by atoms with van der Waals surface area (Å²) >= 11 is 5.81. The fourth-order valence-electron chi connectivity index (χ4n) is 1.40. The van der Waals surface area contributed by atoms with E-state index in [1.807, 2.05) is 26.0 Å². The molecule has 0 saturated carbocycles. The molecule has 0 bridgehead atoms. The van der Waals surface area contributed by atoms with Gasteiger partial charge in [0, 0.05) is 18.1 Å². The van der Waals surface area contributed by atoms with Crippen LogP contribution in [0, 0.1) is 0 Å². The van der Waals surface area contributed by atoms with Gasteiger partial charge in [-0.3, -0.25) is 4.79 Å². The van der Waals surface area contributed by atoms with Gasteiger partial charge >= 0.3 is 0 Å². The number of hydrogen-bond donors (Lipinski definition) is 2. The third kappa shape index (κ3) is 4.19. The van der Waals surface area contributed by atoms with Gasteiger partial charge in [0.25, 0.3) is 0 Å². The Morgan fingerprint density at radius 2 is 1.88 bits per heavy atom. The van der Waals surface area contributed by atoms with Crippen molar-refractivity contribution in [2.75, 3.05) is 13.1 Å². The standard InChI is InChI=1S/C12H17ClN2O.ClH/c1-12(2,11(16)15-8-7-14)9-3-5-10(13)6-4-9;/h3-6H,7-8,14H2,1-2H3,(H,15,16);1H. The van der Waals surface area contributed by atoms with Gasteiger partial charge in [-0.15, -0.1) is 12.4 Å². The van der Waals surface area contributed by atoms with E-state index in [1.54, 1.807) is 12.1 Å². The van der Waals surface area contributed by atoms with Crippen molar-refractivity contribution in [3.8, 4) is 0 Å². The Hall–Kier alpha value is -0.770. The Bertz CT molecular complexity index is 363. The lowest BCUT2D eigenvalue weighted by Crippen LogP contribution is -2.42.